The first kappa shape index (κ1) is 17.0. The molecule has 5 aromatic rings. The molecule has 0 amide bonds. The van der Waals surface area contributed by atoms with E-state index in [4.69, 9.17) is 0 Å². The fourth-order valence-electron chi connectivity index (χ4n) is 3.34. The molecule has 0 bridgehead atoms. The Labute approximate surface area is 167 Å². The van der Waals surface area contributed by atoms with Gasteiger partial charge in [0.05, 0.1) is 23.0 Å². The predicted molar refractivity (Wildman–Crippen MR) is 111 cm³/mol. The quantitative estimate of drug-likeness (QED) is 0.492. The Balaban J connectivity index is 1.81. The van der Waals surface area contributed by atoms with E-state index in [2.05, 4.69) is 21.0 Å². The topological polar surface area (TPSA) is 104 Å². The lowest BCUT2D eigenvalue weighted by Crippen LogP contribution is -2.33. The molecule has 1 aromatic carbocycles. The van der Waals surface area contributed by atoms with Gasteiger partial charge in [0.2, 0.25) is 0 Å². The number of H-pyrrole nitrogens is 1. The number of fused-ring (bicyclic) bond motifs is 2. The molecule has 0 aliphatic carbocycles. The van der Waals surface area contributed by atoms with Crippen molar-refractivity contribution in [3.63, 3.8) is 0 Å². The number of aromatic amines is 1. The van der Waals surface area contributed by atoms with Gasteiger partial charge < -0.3 is 4.98 Å². The minimum atomic E-state index is -0.541. The van der Waals surface area contributed by atoms with Crippen LogP contribution in [0.25, 0.3) is 37.1 Å². The molecular formula is C21H11N5O2S. The molecule has 138 valence electrons. The number of thiophene rings is 1. The molecule has 0 spiro atoms. The SMILES string of the molecule is N#Cc1cnccc1-c1cc2[nH]c(=O)n(-c3cncc4ccccc34)c(=O)c2s1. The second kappa shape index (κ2) is 6.51. The fourth-order valence-corrected chi connectivity index (χ4v) is 4.42. The Morgan fingerprint density at radius 3 is 2.79 bits per heavy atom. The van der Waals surface area contributed by atoms with Crippen molar-refractivity contribution in [2.75, 3.05) is 0 Å². The Morgan fingerprint density at radius 2 is 1.93 bits per heavy atom. The summed E-state index contributed by atoms with van der Waals surface area (Å²) in [5.41, 5.74) is 0.964. The standard InChI is InChI=1S/C21H11N5O2S/c22-8-13-10-23-6-5-15(13)18-7-16-19(29-18)20(27)26(21(28)25-16)17-11-24-9-12-3-1-2-4-14(12)17/h1-7,9-11H,(H,25,28). The van der Waals surface area contributed by atoms with Crippen LogP contribution in [-0.4, -0.2) is 19.5 Å². The molecular weight excluding hydrogens is 386 g/mol. The van der Waals surface area contributed by atoms with E-state index in [1.807, 2.05) is 24.3 Å². The minimum Gasteiger partial charge on any atom is -0.306 e. The average Bonchev–Trinajstić information content (AvgIpc) is 3.18. The second-order valence-electron chi connectivity index (χ2n) is 6.34. The van der Waals surface area contributed by atoms with Gasteiger partial charge in [-0.2, -0.15) is 5.26 Å². The van der Waals surface area contributed by atoms with E-state index in [1.54, 1.807) is 24.5 Å². The molecule has 29 heavy (non-hydrogen) atoms. The molecule has 8 heteroatoms. The lowest BCUT2D eigenvalue weighted by Gasteiger charge is -2.07. The highest BCUT2D eigenvalue weighted by atomic mass is 32.1. The third-order valence-electron chi connectivity index (χ3n) is 4.67. The van der Waals surface area contributed by atoms with Crippen molar-refractivity contribution < 1.29 is 0 Å². The van der Waals surface area contributed by atoms with E-state index >= 15 is 0 Å². The number of nitriles is 1. The van der Waals surface area contributed by atoms with Crippen LogP contribution < -0.4 is 11.2 Å². The number of hydrogen-bond donors (Lipinski definition) is 1. The zero-order valence-corrected chi connectivity index (χ0v) is 15.6. The van der Waals surface area contributed by atoms with Gasteiger partial charge in [-0.05, 0) is 12.1 Å². The summed E-state index contributed by atoms with van der Waals surface area (Å²) >= 11 is 1.23. The average molecular weight is 397 g/mol. The van der Waals surface area contributed by atoms with Crippen molar-refractivity contribution in [3.8, 4) is 22.2 Å². The summed E-state index contributed by atoms with van der Waals surface area (Å²) in [6, 6.07) is 13.0. The Kier molecular flexibility index (Phi) is 3.82. The molecule has 4 aromatic heterocycles. The van der Waals surface area contributed by atoms with E-state index in [0.29, 0.717) is 31.9 Å². The molecule has 5 rings (SSSR count). The van der Waals surface area contributed by atoms with Crippen LogP contribution in [0, 0.1) is 11.3 Å². The van der Waals surface area contributed by atoms with E-state index in [-0.39, 0.29) is 0 Å². The van der Waals surface area contributed by atoms with Gasteiger partial charge in [0, 0.05) is 39.8 Å². The molecule has 0 aliphatic heterocycles. The van der Waals surface area contributed by atoms with Gasteiger partial charge in [0.15, 0.2) is 0 Å². The van der Waals surface area contributed by atoms with E-state index < -0.39 is 11.2 Å². The Bertz CT molecular complexity index is 1570. The highest BCUT2D eigenvalue weighted by Gasteiger charge is 2.16. The largest absolute Gasteiger partial charge is 0.333 e. The molecule has 0 radical (unpaired) electrons. The predicted octanol–water partition coefficient (Wildman–Crippen LogP) is 3.22. The molecule has 0 atom stereocenters. The van der Waals surface area contributed by atoms with Gasteiger partial charge in [-0.3, -0.25) is 14.8 Å². The number of pyridine rings is 2. The molecule has 0 saturated heterocycles. The molecule has 1 N–H and O–H groups in total. The van der Waals surface area contributed by atoms with Crippen LogP contribution in [0.1, 0.15) is 5.56 Å². The summed E-state index contributed by atoms with van der Waals surface area (Å²) in [5, 5.41) is 10.9. The van der Waals surface area contributed by atoms with Gasteiger partial charge in [0.25, 0.3) is 5.56 Å². The first-order valence-corrected chi connectivity index (χ1v) is 9.45. The highest BCUT2D eigenvalue weighted by Crippen LogP contribution is 2.32. The number of nitrogens with zero attached hydrogens (tertiary/aromatic N) is 4. The monoisotopic (exact) mass is 397 g/mol. The third-order valence-corrected chi connectivity index (χ3v) is 5.83. The van der Waals surface area contributed by atoms with Crippen molar-refractivity contribution in [1.82, 2.24) is 19.5 Å². The number of nitrogens with one attached hydrogen (secondary N) is 1. The maximum Gasteiger partial charge on any atom is 0.333 e. The summed E-state index contributed by atoms with van der Waals surface area (Å²) in [5.74, 6) is 0. The zero-order valence-electron chi connectivity index (χ0n) is 14.8. The van der Waals surface area contributed by atoms with Crippen molar-refractivity contribution >= 4 is 32.3 Å². The van der Waals surface area contributed by atoms with E-state index in [0.717, 1.165) is 15.3 Å². The summed E-state index contributed by atoms with van der Waals surface area (Å²) in [6.45, 7) is 0. The summed E-state index contributed by atoms with van der Waals surface area (Å²) in [7, 11) is 0. The summed E-state index contributed by atoms with van der Waals surface area (Å²) < 4.78 is 1.50. The first-order chi connectivity index (χ1) is 14.2. The molecule has 0 unspecified atom stereocenters. The van der Waals surface area contributed by atoms with Crippen LogP contribution in [0.2, 0.25) is 0 Å². The van der Waals surface area contributed by atoms with Crippen molar-refractivity contribution in [1.29, 1.82) is 5.26 Å². The summed E-state index contributed by atoms with van der Waals surface area (Å²) in [4.78, 5) is 37.7. The number of benzene rings is 1. The maximum atomic E-state index is 13.2. The van der Waals surface area contributed by atoms with Gasteiger partial charge in [-0.1, -0.05) is 24.3 Å². The van der Waals surface area contributed by atoms with Gasteiger partial charge in [0.1, 0.15) is 10.8 Å². The molecule has 0 saturated carbocycles. The zero-order chi connectivity index (χ0) is 20.0. The lowest BCUT2D eigenvalue weighted by molar-refractivity contribution is 0.905. The van der Waals surface area contributed by atoms with Crippen molar-refractivity contribution in [2.45, 2.75) is 0 Å². The fraction of sp³-hybridized carbons (Fsp3) is 0. The second-order valence-corrected chi connectivity index (χ2v) is 7.39. The van der Waals surface area contributed by atoms with Crippen LogP contribution in [0.4, 0.5) is 0 Å². The molecule has 4 heterocycles. The normalized spacial score (nSPS) is 11.0. The maximum absolute atomic E-state index is 13.2. The van der Waals surface area contributed by atoms with Crippen molar-refractivity contribution in [3.05, 3.63) is 87.6 Å². The number of hydrogen-bond acceptors (Lipinski definition) is 6. The van der Waals surface area contributed by atoms with E-state index in [9.17, 15) is 14.9 Å². The van der Waals surface area contributed by atoms with Crippen LogP contribution in [0.5, 0.6) is 0 Å². The van der Waals surface area contributed by atoms with Crippen LogP contribution >= 0.6 is 11.3 Å². The van der Waals surface area contributed by atoms with Gasteiger partial charge >= 0.3 is 5.69 Å². The summed E-state index contributed by atoms with van der Waals surface area (Å²) in [6.07, 6.45) is 6.26. The first-order valence-electron chi connectivity index (χ1n) is 8.64. The highest BCUT2D eigenvalue weighted by molar-refractivity contribution is 7.22. The van der Waals surface area contributed by atoms with Crippen LogP contribution in [-0.2, 0) is 0 Å². The smallest absolute Gasteiger partial charge is 0.306 e. The molecule has 0 aliphatic rings. The number of aromatic nitrogens is 4. The van der Waals surface area contributed by atoms with Gasteiger partial charge in [-0.25, -0.2) is 9.36 Å². The Hall–Kier alpha value is -4.09. The lowest BCUT2D eigenvalue weighted by atomic mass is 10.1. The van der Waals surface area contributed by atoms with Gasteiger partial charge in [-0.15, -0.1) is 11.3 Å². The molecule has 0 fully saturated rings. The van der Waals surface area contributed by atoms with E-state index in [1.165, 1.54) is 23.7 Å². The Morgan fingerprint density at radius 1 is 1.07 bits per heavy atom. The molecule has 7 nitrogen and oxygen atoms in total. The van der Waals surface area contributed by atoms with Crippen LogP contribution in [0.3, 0.4) is 0 Å². The number of rotatable bonds is 2. The van der Waals surface area contributed by atoms with Crippen molar-refractivity contribution in [2.24, 2.45) is 0 Å². The third kappa shape index (κ3) is 2.64. The van der Waals surface area contributed by atoms with Crippen LogP contribution in [0.15, 0.2) is 70.8 Å². The minimum absolute atomic E-state index is 0.397.